The first kappa shape index (κ1) is 20.7. The number of hydrogen-bond acceptors (Lipinski definition) is 5. The molecule has 1 aliphatic heterocycles. The summed E-state index contributed by atoms with van der Waals surface area (Å²) in [6, 6.07) is 12.8. The van der Waals surface area contributed by atoms with Crippen molar-refractivity contribution in [2.45, 2.75) is 40.1 Å². The number of aliphatic hydroxyl groups is 1. The van der Waals surface area contributed by atoms with Crippen LogP contribution < -0.4 is 0 Å². The summed E-state index contributed by atoms with van der Waals surface area (Å²) in [6.07, 6.45) is 3.36. The minimum Gasteiger partial charge on any atom is -0.392 e. The lowest BCUT2D eigenvalue weighted by Crippen LogP contribution is -2.45. The summed E-state index contributed by atoms with van der Waals surface area (Å²) in [4.78, 5) is 9.09. The maximum absolute atomic E-state index is 9.57. The van der Waals surface area contributed by atoms with Crippen molar-refractivity contribution in [1.29, 1.82) is 0 Å². The van der Waals surface area contributed by atoms with Crippen LogP contribution in [0.25, 0.3) is 0 Å². The van der Waals surface area contributed by atoms with Crippen LogP contribution in [0.3, 0.4) is 0 Å². The predicted molar refractivity (Wildman–Crippen MR) is 118 cm³/mol. The Morgan fingerprint density at radius 1 is 0.800 bits per heavy atom. The van der Waals surface area contributed by atoms with E-state index in [1.54, 1.807) is 12.7 Å². The van der Waals surface area contributed by atoms with Gasteiger partial charge in [-0.05, 0) is 47.2 Å². The number of aromatic nitrogens is 3. The Morgan fingerprint density at radius 2 is 1.40 bits per heavy atom. The molecule has 6 heteroatoms. The molecule has 0 saturated carbocycles. The van der Waals surface area contributed by atoms with Crippen LogP contribution in [0.5, 0.6) is 0 Å². The zero-order valence-corrected chi connectivity index (χ0v) is 18.0. The Hall–Kier alpha value is -2.54. The van der Waals surface area contributed by atoms with Gasteiger partial charge < -0.3 is 5.11 Å². The first-order chi connectivity index (χ1) is 14.6. The number of rotatable bonds is 7. The second-order valence-electron chi connectivity index (χ2n) is 8.28. The summed E-state index contributed by atoms with van der Waals surface area (Å²) in [6.45, 7) is 11.4. The van der Waals surface area contributed by atoms with Gasteiger partial charge in [0.2, 0.25) is 0 Å². The maximum atomic E-state index is 9.57. The molecule has 1 aromatic heterocycles. The fourth-order valence-corrected chi connectivity index (χ4v) is 4.23. The second kappa shape index (κ2) is 9.51. The van der Waals surface area contributed by atoms with E-state index in [1.165, 1.54) is 27.8 Å². The fourth-order valence-electron chi connectivity index (χ4n) is 4.23. The molecule has 3 aromatic rings. The molecule has 0 aliphatic carbocycles. The van der Waals surface area contributed by atoms with Gasteiger partial charge in [0.25, 0.3) is 0 Å². The van der Waals surface area contributed by atoms with Gasteiger partial charge in [-0.1, -0.05) is 36.4 Å². The molecule has 1 aliphatic rings. The van der Waals surface area contributed by atoms with E-state index in [1.807, 2.05) is 16.8 Å². The predicted octanol–water partition coefficient (Wildman–Crippen LogP) is 2.75. The van der Waals surface area contributed by atoms with Gasteiger partial charge in [-0.25, -0.2) is 9.67 Å². The largest absolute Gasteiger partial charge is 0.392 e. The van der Waals surface area contributed by atoms with Crippen LogP contribution >= 0.6 is 0 Å². The number of nitrogens with zero attached hydrogens (tertiary/aromatic N) is 5. The van der Waals surface area contributed by atoms with Crippen molar-refractivity contribution >= 4 is 0 Å². The molecule has 1 saturated heterocycles. The van der Waals surface area contributed by atoms with E-state index < -0.39 is 0 Å². The Kier molecular flexibility index (Phi) is 6.57. The summed E-state index contributed by atoms with van der Waals surface area (Å²) in [5, 5.41) is 13.8. The Balaban J connectivity index is 1.36. The van der Waals surface area contributed by atoms with Crippen LogP contribution in [0.4, 0.5) is 0 Å². The van der Waals surface area contributed by atoms with Crippen molar-refractivity contribution in [1.82, 2.24) is 24.6 Å². The van der Waals surface area contributed by atoms with Crippen molar-refractivity contribution in [3.63, 3.8) is 0 Å². The quantitative estimate of drug-likeness (QED) is 0.655. The number of hydrogen-bond donors (Lipinski definition) is 1. The van der Waals surface area contributed by atoms with Crippen molar-refractivity contribution in [3.8, 4) is 0 Å². The van der Waals surface area contributed by atoms with Crippen LogP contribution in [0.1, 0.15) is 33.4 Å². The molecule has 158 valence electrons. The molecule has 0 spiro atoms. The lowest BCUT2D eigenvalue weighted by molar-refractivity contribution is 0.121. The third-order valence-electron chi connectivity index (χ3n) is 6.13. The lowest BCUT2D eigenvalue weighted by Gasteiger charge is -2.35. The summed E-state index contributed by atoms with van der Waals surface area (Å²) in [5.74, 6) is 0. The van der Waals surface area contributed by atoms with Crippen LogP contribution in [0.15, 0.2) is 49.1 Å². The van der Waals surface area contributed by atoms with E-state index in [0.717, 1.165) is 51.4 Å². The summed E-state index contributed by atoms with van der Waals surface area (Å²) in [5.41, 5.74) is 7.64. The summed E-state index contributed by atoms with van der Waals surface area (Å²) >= 11 is 0. The highest BCUT2D eigenvalue weighted by Crippen LogP contribution is 2.20. The average Bonchev–Trinajstić information content (AvgIpc) is 3.26. The number of benzene rings is 2. The van der Waals surface area contributed by atoms with Crippen molar-refractivity contribution < 1.29 is 5.11 Å². The van der Waals surface area contributed by atoms with Crippen LogP contribution in [0, 0.1) is 13.8 Å². The Bertz CT molecular complexity index is 962. The van der Waals surface area contributed by atoms with E-state index in [-0.39, 0.29) is 6.61 Å². The zero-order valence-electron chi connectivity index (χ0n) is 18.0. The zero-order chi connectivity index (χ0) is 20.9. The van der Waals surface area contributed by atoms with Gasteiger partial charge in [0.1, 0.15) is 12.7 Å². The standard InChI is InChI=1S/C24H31N5O/c1-19-11-20(2)24(15-29-18-25-17-26-29)12-23(19)14-28-9-7-27(8-10-28)13-21-5-3-4-6-22(21)16-30/h3-6,11-12,17-18,30H,7-10,13-16H2,1-2H3. The molecule has 2 aromatic carbocycles. The van der Waals surface area contributed by atoms with E-state index >= 15 is 0 Å². The van der Waals surface area contributed by atoms with Gasteiger partial charge >= 0.3 is 0 Å². The van der Waals surface area contributed by atoms with Gasteiger partial charge in [-0.2, -0.15) is 5.10 Å². The number of aryl methyl sites for hydroxylation is 2. The van der Waals surface area contributed by atoms with Gasteiger partial charge in [0.15, 0.2) is 0 Å². The smallest absolute Gasteiger partial charge is 0.137 e. The van der Waals surface area contributed by atoms with Crippen molar-refractivity contribution in [3.05, 3.63) is 82.4 Å². The highest BCUT2D eigenvalue weighted by atomic mass is 16.3. The highest BCUT2D eigenvalue weighted by Gasteiger charge is 2.19. The molecule has 30 heavy (non-hydrogen) atoms. The van der Waals surface area contributed by atoms with E-state index in [2.05, 4.69) is 58.0 Å². The number of piperazine rings is 1. The molecular weight excluding hydrogens is 374 g/mol. The third kappa shape index (κ3) is 4.95. The monoisotopic (exact) mass is 405 g/mol. The van der Waals surface area contributed by atoms with Crippen molar-refractivity contribution in [2.24, 2.45) is 0 Å². The first-order valence-electron chi connectivity index (χ1n) is 10.7. The Labute approximate surface area is 178 Å². The van der Waals surface area contributed by atoms with Gasteiger partial charge in [0.05, 0.1) is 13.2 Å². The first-order valence-corrected chi connectivity index (χ1v) is 10.7. The molecule has 0 bridgehead atoms. The molecule has 1 N–H and O–H groups in total. The van der Waals surface area contributed by atoms with Gasteiger partial charge in [-0.3, -0.25) is 9.80 Å². The van der Waals surface area contributed by atoms with E-state index in [4.69, 9.17) is 0 Å². The van der Waals surface area contributed by atoms with Crippen molar-refractivity contribution in [2.75, 3.05) is 26.2 Å². The normalized spacial score (nSPS) is 15.6. The SMILES string of the molecule is Cc1cc(C)c(Cn2cncn2)cc1CN1CCN(Cc2ccccc2CO)CC1. The Morgan fingerprint density at radius 3 is 2.00 bits per heavy atom. The molecule has 0 atom stereocenters. The number of aliphatic hydroxyl groups excluding tert-OH is 1. The van der Waals surface area contributed by atoms with Gasteiger partial charge in [0, 0.05) is 39.3 Å². The third-order valence-corrected chi connectivity index (χ3v) is 6.13. The highest BCUT2D eigenvalue weighted by molar-refractivity contribution is 5.37. The van der Waals surface area contributed by atoms with Gasteiger partial charge in [-0.15, -0.1) is 0 Å². The molecule has 4 rings (SSSR count). The molecule has 2 heterocycles. The summed E-state index contributed by atoms with van der Waals surface area (Å²) < 4.78 is 1.88. The molecular formula is C24H31N5O. The molecule has 6 nitrogen and oxygen atoms in total. The maximum Gasteiger partial charge on any atom is 0.137 e. The molecule has 1 fully saturated rings. The van der Waals surface area contributed by atoms with E-state index in [9.17, 15) is 5.11 Å². The van der Waals surface area contributed by atoms with Crippen LogP contribution in [0.2, 0.25) is 0 Å². The summed E-state index contributed by atoms with van der Waals surface area (Å²) in [7, 11) is 0. The molecule has 0 amide bonds. The average molecular weight is 406 g/mol. The molecule has 0 radical (unpaired) electrons. The topological polar surface area (TPSA) is 57.4 Å². The second-order valence-corrected chi connectivity index (χ2v) is 8.28. The minimum absolute atomic E-state index is 0.111. The van der Waals surface area contributed by atoms with Crippen LogP contribution in [-0.4, -0.2) is 55.8 Å². The fraction of sp³-hybridized carbons (Fsp3) is 0.417. The van der Waals surface area contributed by atoms with Crippen LogP contribution in [-0.2, 0) is 26.2 Å². The minimum atomic E-state index is 0.111. The molecule has 0 unspecified atom stereocenters. The van der Waals surface area contributed by atoms with E-state index in [0.29, 0.717) is 0 Å². The lowest BCUT2D eigenvalue weighted by atomic mass is 9.99.